The van der Waals surface area contributed by atoms with E-state index in [1.54, 1.807) is 38.5 Å². The normalized spacial score (nSPS) is 35.0. The van der Waals surface area contributed by atoms with Crippen LogP contribution in [0.4, 0.5) is 0 Å². The molecule has 0 amide bonds. The van der Waals surface area contributed by atoms with Crippen LogP contribution in [-0.2, 0) is 0 Å². The van der Waals surface area contributed by atoms with Gasteiger partial charge in [0.1, 0.15) is 0 Å². The third-order valence-corrected chi connectivity index (χ3v) is 6.60. The van der Waals surface area contributed by atoms with E-state index in [-0.39, 0.29) is 0 Å². The van der Waals surface area contributed by atoms with Gasteiger partial charge in [0.2, 0.25) is 0 Å². The first-order valence-corrected chi connectivity index (χ1v) is 8.30. The van der Waals surface area contributed by atoms with Gasteiger partial charge in [-0.25, -0.2) is 0 Å². The molecule has 2 aliphatic carbocycles. The average molecular weight is 226 g/mol. The van der Waals surface area contributed by atoms with Crippen molar-refractivity contribution in [3.63, 3.8) is 0 Å². The summed E-state index contributed by atoms with van der Waals surface area (Å²) < 4.78 is 0. The number of rotatable bonds is 3. The minimum atomic E-state index is 1.08. The molecule has 0 aliphatic heterocycles. The molecule has 2 rings (SSSR count). The van der Waals surface area contributed by atoms with Gasteiger partial charge in [-0.3, -0.25) is 0 Å². The van der Waals surface area contributed by atoms with Gasteiger partial charge in [-0.2, -0.15) is 0 Å². The number of hydrogen-bond donors (Lipinski definition) is 0. The first-order chi connectivity index (χ1) is 7.38. The largest absolute Gasteiger partial charge is 0.116 e. The maximum absolute atomic E-state index is 2.37. The monoisotopic (exact) mass is 226 g/mol. The van der Waals surface area contributed by atoms with E-state index in [1.165, 1.54) is 34.3 Å². The average Bonchev–Trinajstić information content (AvgIpc) is 2.31. The van der Waals surface area contributed by atoms with Gasteiger partial charge in [-0.05, 0) is 55.8 Å². The molecule has 1 atom stereocenters. The summed E-state index contributed by atoms with van der Waals surface area (Å²) in [7, 11) is 1.32. The summed E-state index contributed by atoms with van der Waals surface area (Å²) in [5.41, 5.74) is 2.28. The summed E-state index contributed by atoms with van der Waals surface area (Å²) in [4.78, 5) is 0. The van der Waals surface area contributed by atoms with Gasteiger partial charge in [0, 0.05) is 0 Å². The van der Waals surface area contributed by atoms with Crippen molar-refractivity contribution in [3.8, 4) is 0 Å². The van der Waals surface area contributed by atoms with Crippen LogP contribution >= 0.6 is 8.58 Å². The van der Waals surface area contributed by atoms with Crippen LogP contribution < -0.4 is 0 Å². The van der Waals surface area contributed by atoms with Gasteiger partial charge in [-0.1, -0.05) is 32.6 Å². The van der Waals surface area contributed by atoms with Gasteiger partial charge < -0.3 is 0 Å². The lowest BCUT2D eigenvalue weighted by atomic mass is 9.87. The summed E-state index contributed by atoms with van der Waals surface area (Å²) in [6, 6.07) is 0. The summed E-state index contributed by atoms with van der Waals surface area (Å²) in [5.74, 6) is 1.08. The van der Waals surface area contributed by atoms with E-state index in [9.17, 15) is 0 Å². The molecule has 88 valence electrons. The quantitative estimate of drug-likeness (QED) is 0.596. The smallest absolute Gasteiger partial charge is 0.0234 e. The highest BCUT2D eigenvalue weighted by Crippen LogP contribution is 2.43. The molecule has 15 heavy (non-hydrogen) atoms. The van der Waals surface area contributed by atoms with Crippen molar-refractivity contribution in [2.24, 2.45) is 5.92 Å². The van der Waals surface area contributed by atoms with Crippen molar-refractivity contribution in [3.05, 3.63) is 0 Å². The lowest BCUT2D eigenvalue weighted by Gasteiger charge is -2.32. The van der Waals surface area contributed by atoms with E-state index in [2.05, 4.69) is 6.92 Å². The van der Waals surface area contributed by atoms with Gasteiger partial charge in [0.25, 0.3) is 0 Å². The molecule has 0 heterocycles. The second-order valence-corrected chi connectivity index (χ2v) is 7.59. The van der Waals surface area contributed by atoms with E-state index < -0.39 is 0 Å². The standard InChI is InChI=1S/C14H27P/c1-2-12-8-10-14(11-9-12)15-13-6-4-3-5-7-13/h12-15H,2-11H2,1H3. The molecule has 1 unspecified atom stereocenters. The third-order valence-electron chi connectivity index (χ3n) is 4.50. The lowest BCUT2D eigenvalue weighted by molar-refractivity contribution is 0.353. The highest BCUT2D eigenvalue weighted by Gasteiger charge is 2.23. The Labute approximate surface area is 97.4 Å². The topological polar surface area (TPSA) is 0 Å². The van der Waals surface area contributed by atoms with Crippen molar-refractivity contribution in [2.75, 3.05) is 0 Å². The highest BCUT2D eigenvalue weighted by molar-refractivity contribution is 7.39. The number of hydrogen-bond acceptors (Lipinski definition) is 0. The van der Waals surface area contributed by atoms with Gasteiger partial charge in [0.15, 0.2) is 0 Å². The first kappa shape index (κ1) is 11.9. The summed E-state index contributed by atoms with van der Waals surface area (Å²) in [6.07, 6.45) is 15.3. The molecule has 2 saturated carbocycles. The zero-order valence-electron chi connectivity index (χ0n) is 10.3. The highest BCUT2D eigenvalue weighted by atomic mass is 31.1. The Hall–Kier alpha value is 0.430. The lowest BCUT2D eigenvalue weighted by Crippen LogP contribution is -2.18. The fraction of sp³-hybridized carbons (Fsp3) is 1.00. The van der Waals surface area contributed by atoms with Crippen LogP contribution in [-0.4, -0.2) is 11.3 Å². The molecule has 0 radical (unpaired) electrons. The molecule has 0 aromatic carbocycles. The van der Waals surface area contributed by atoms with Crippen molar-refractivity contribution in [1.82, 2.24) is 0 Å². The van der Waals surface area contributed by atoms with E-state index in [0.29, 0.717) is 0 Å². The molecule has 0 N–H and O–H groups in total. The summed E-state index contributed by atoms with van der Waals surface area (Å²) in [5, 5.41) is 0. The van der Waals surface area contributed by atoms with Crippen LogP contribution in [0, 0.1) is 5.92 Å². The van der Waals surface area contributed by atoms with Crippen molar-refractivity contribution < 1.29 is 0 Å². The third kappa shape index (κ3) is 3.74. The van der Waals surface area contributed by atoms with Crippen LogP contribution in [0.1, 0.15) is 71.1 Å². The molecule has 0 spiro atoms. The Bertz CT molecular complexity index is 164. The van der Waals surface area contributed by atoms with Crippen LogP contribution in [0.15, 0.2) is 0 Å². The Balaban J connectivity index is 1.67. The Morgan fingerprint density at radius 3 is 2.00 bits per heavy atom. The first-order valence-electron chi connectivity index (χ1n) is 7.14. The molecule has 0 bridgehead atoms. The summed E-state index contributed by atoms with van der Waals surface area (Å²) in [6.45, 7) is 2.37. The second kappa shape index (κ2) is 6.24. The van der Waals surface area contributed by atoms with Crippen LogP contribution in [0.2, 0.25) is 0 Å². The Kier molecular flexibility index (Phi) is 4.95. The molecule has 0 aromatic heterocycles. The minimum absolute atomic E-state index is 1.08. The SMILES string of the molecule is CCC1CCC(PC2CCCCC2)CC1. The molecule has 0 saturated heterocycles. The second-order valence-electron chi connectivity index (χ2n) is 5.63. The van der Waals surface area contributed by atoms with E-state index in [1.807, 2.05) is 0 Å². The Morgan fingerprint density at radius 2 is 1.40 bits per heavy atom. The summed E-state index contributed by atoms with van der Waals surface area (Å²) >= 11 is 0. The molecule has 2 fully saturated rings. The predicted octanol–water partition coefficient (Wildman–Crippen LogP) is 4.97. The predicted molar refractivity (Wildman–Crippen MR) is 71.2 cm³/mol. The van der Waals surface area contributed by atoms with Gasteiger partial charge in [0.05, 0.1) is 0 Å². The molecule has 1 heteroatoms. The van der Waals surface area contributed by atoms with Gasteiger partial charge in [-0.15, -0.1) is 8.58 Å². The van der Waals surface area contributed by atoms with E-state index >= 15 is 0 Å². The maximum Gasteiger partial charge on any atom is -0.0234 e. The fourth-order valence-corrected chi connectivity index (χ4v) is 5.41. The Morgan fingerprint density at radius 1 is 0.800 bits per heavy atom. The fourth-order valence-electron chi connectivity index (χ4n) is 3.34. The van der Waals surface area contributed by atoms with E-state index in [4.69, 9.17) is 0 Å². The maximum atomic E-state index is 2.37. The zero-order valence-corrected chi connectivity index (χ0v) is 11.3. The molecule has 2 aliphatic rings. The molecular formula is C14H27P. The van der Waals surface area contributed by atoms with Crippen LogP contribution in [0.3, 0.4) is 0 Å². The van der Waals surface area contributed by atoms with Crippen molar-refractivity contribution >= 4 is 8.58 Å². The molecule has 0 aromatic rings. The van der Waals surface area contributed by atoms with Crippen LogP contribution in [0.25, 0.3) is 0 Å². The molecule has 0 nitrogen and oxygen atoms in total. The molecular weight excluding hydrogens is 199 g/mol. The minimum Gasteiger partial charge on any atom is -0.116 e. The van der Waals surface area contributed by atoms with Crippen LogP contribution in [0.5, 0.6) is 0 Å². The van der Waals surface area contributed by atoms with E-state index in [0.717, 1.165) is 17.2 Å². The van der Waals surface area contributed by atoms with Gasteiger partial charge >= 0.3 is 0 Å². The van der Waals surface area contributed by atoms with Crippen molar-refractivity contribution in [2.45, 2.75) is 82.4 Å². The zero-order chi connectivity index (χ0) is 10.5. The van der Waals surface area contributed by atoms with Crippen molar-refractivity contribution in [1.29, 1.82) is 0 Å².